The average Bonchev–Trinajstić information content (AvgIpc) is 2.77. The second-order valence-corrected chi connectivity index (χ2v) is 4.91. The van der Waals surface area contributed by atoms with Gasteiger partial charge in [0.1, 0.15) is 10.8 Å². The smallest absolute Gasteiger partial charge is 0.323 e. The maximum absolute atomic E-state index is 13.0. The van der Waals surface area contributed by atoms with Crippen LogP contribution in [-0.4, -0.2) is 4.98 Å². The van der Waals surface area contributed by atoms with Crippen molar-refractivity contribution in [2.75, 3.05) is 0 Å². The Morgan fingerprint density at radius 3 is 2.53 bits per heavy atom. The summed E-state index contributed by atoms with van der Waals surface area (Å²) in [6.07, 6.45) is -4.63. The van der Waals surface area contributed by atoms with Crippen molar-refractivity contribution in [3.8, 4) is 10.6 Å². The van der Waals surface area contributed by atoms with Gasteiger partial charge in [0.25, 0.3) is 0 Å². The molecule has 19 heavy (non-hydrogen) atoms. The van der Waals surface area contributed by atoms with Crippen LogP contribution in [-0.2, 0) is 6.18 Å². The number of thiazole rings is 1. The molecule has 2 N–H and O–H groups in total. The summed E-state index contributed by atoms with van der Waals surface area (Å²) in [6.45, 7) is 1.69. The van der Waals surface area contributed by atoms with Crippen molar-refractivity contribution in [2.45, 2.75) is 19.1 Å². The van der Waals surface area contributed by atoms with E-state index in [4.69, 9.17) is 5.73 Å². The van der Waals surface area contributed by atoms with Crippen molar-refractivity contribution in [1.29, 1.82) is 0 Å². The van der Waals surface area contributed by atoms with Crippen LogP contribution in [0.3, 0.4) is 0 Å². The summed E-state index contributed by atoms with van der Waals surface area (Å²) in [6, 6.07) is 2.18. The molecular weight excluding hydrogens is 280 g/mol. The molecule has 0 amide bonds. The van der Waals surface area contributed by atoms with Gasteiger partial charge in [-0.15, -0.1) is 11.3 Å². The molecular formula is C12H10F4N2S. The largest absolute Gasteiger partial charge is 0.417 e. The zero-order valence-corrected chi connectivity index (χ0v) is 10.6. The van der Waals surface area contributed by atoms with E-state index in [2.05, 4.69) is 4.98 Å². The molecule has 1 aromatic carbocycles. The normalized spacial score (nSPS) is 13.6. The first-order chi connectivity index (χ1) is 8.79. The summed E-state index contributed by atoms with van der Waals surface area (Å²) in [4.78, 5) is 4.05. The molecule has 102 valence electrons. The fourth-order valence-electron chi connectivity index (χ4n) is 1.56. The van der Waals surface area contributed by atoms with Crippen LogP contribution in [0.2, 0.25) is 0 Å². The number of halogens is 4. The number of aromatic nitrogens is 1. The Kier molecular flexibility index (Phi) is 3.60. The van der Waals surface area contributed by atoms with Crippen molar-refractivity contribution in [3.63, 3.8) is 0 Å². The Morgan fingerprint density at radius 2 is 2.00 bits per heavy atom. The van der Waals surface area contributed by atoms with E-state index >= 15 is 0 Å². The summed E-state index contributed by atoms with van der Waals surface area (Å²) in [5.41, 5.74) is 4.96. The van der Waals surface area contributed by atoms with Gasteiger partial charge < -0.3 is 5.73 Å². The van der Waals surface area contributed by atoms with Gasteiger partial charge in [-0.2, -0.15) is 13.2 Å². The van der Waals surface area contributed by atoms with Crippen LogP contribution in [0.25, 0.3) is 10.6 Å². The lowest BCUT2D eigenvalue weighted by molar-refractivity contribution is -0.137. The highest BCUT2D eigenvalue weighted by molar-refractivity contribution is 7.13. The van der Waals surface area contributed by atoms with Gasteiger partial charge in [0, 0.05) is 17.0 Å². The Hall–Kier alpha value is -1.47. The molecule has 2 nitrogen and oxygen atoms in total. The van der Waals surface area contributed by atoms with Crippen molar-refractivity contribution < 1.29 is 17.6 Å². The monoisotopic (exact) mass is 290 g/mol. The molecule has 0 aliphatic rings. The van der Waals surface area contributed by atoms with E-state index in [1.807, 2.05) is 0 Å². The van der Waals surface area contributed by atoms with Crippen LogP contribution >= 0.6 is 11.3 Å². The lowest BCUT2D eigenvalue weighted by atomic mass is 10.1. The Morgan fingerprint density at radius 1 is 1.32 bits per heavy atom. The zero-order valence-electron chi connectivity index (χ0n) is 9.83. The highest BCUT2D eigenvalue weighted by Gasteiger charge is 2.34. The molecule has 2 rings (SSSR count). The topological polar surface area (TPSA) is 38.9 Å². The van der Waals surface area contributed by atoms with E-state index < -0.39 is 17.6 Å². The summed E-state index contributed by atoms with van der Waals surface area (Å²) in [7, 11) is 0. The van der Waals surface area contributed by atoms with Crippen LogP contribution in [0.4, 0.5) is 17.6 Å². The number of nitrogens with zero attached hydrogens (tertiary/aromatic N) is 1. The molecule has 1 atom stereocenters. The van der Waals surface area contributed by atoms with E-state index in [-0.39, 0.29) is 16.6 Å². The van der Waals surface area contributed by atoms with Gasteiger partial charge in [-0.25, -0.2) is 9.37 Å². The van der Waals surface area contributed by atoms with Crippen LogP contribution in [0.5, 0.6) is 0 Å². The Labute approximate surface area is 110 Å². The lowest BCUT2D eigenvalue weighted by Gasteiger charge is -2.11. The van der Waals surface area contributed by atoms with Crippen molar-refractivity contribution in [2.24, 2.45) is 5.73 Å². The van der Waals surface area contributed by atoms with E-state index in [1.165, 1.54) is 0 Å². The molecule has 1 heterocycles. The predicted octanol–water partition coefficient (Wildman–Crippen LogP) is 3.99. The molecule has 0 saturated heterocycles. The van der Waals surface area contributed by atoms with Crippen molar-refractivity contribution >= 4 is 11.3 Å². The third-order valence-corrected chi connectivity index (χ3v) is 3.40. The zero-order chi connectivity index (χ0) is 14.2. The van der Waals surface area contributed by atoms with Gasteiger partial charge >= 0.3 is 6.18 Å². The summed E-state index contributed by atoms with van der Waals surface area (Å²) < 4.78 is 51.6. The Balaban J connectivity index is 2.55. The minimum Gasteiger partial charge on any atom is -0.323 e. The van der Waals surface area contributed by atoms with Gasteiger partial charge in [-0.3, -0.25) is 0 Å². The van der Waals surface area contributed by atoms with Crippen molar-refractivity contribution in [3.05, 3.63) is 40.7 Å². The molecule has 2 aromatic rings. The third kappa shape index (κ3) is 2.93. The molecule has 0 saturated carbocycles. The van der Waals surface area contributed by atoms with Crippen LogP contribution in [0.15, 0.2) is 23.6 Å². The Bertz CT molecular complexity index is 590. The second-order valence-electron chi connectivity index (χ2n) is 4.05. The fourth-order valence-corrected chi connectivity index (χ4v) is 2.52. The molecule has 0 bridgehead atoms. The number of benzene rings is 1. The minimum absolute atomic E-state index is 0.134. The predicted molar refractivity (Wildman–Crippen MR) is 65.1 cm³/mol. The number of rotatable bonds is 2. The molecule has 0 aliphatic heterocycles. The summed E-state index contributed by atoms with van der Waals surface area (Å²) >= 11 is 1.05. The van der Waals surface area contributed by atoms with E-state index in [0.29, 0.717) is 11.8 Å². The second kappa shape index (κ2) is 4.90. The van der Waals surface area contributed by atoms with Gasteiger partial charge in [0.05, 0.1) is 11.3 Å². The van der Waals surface area contributed by atoms with E-state index in [0.717, 1.165) is 23.5 Å². The third-order valence-electron chi connectivity index (χ3n) is 2.51. The maximum Gasteiger partial charge on any atom is 0.417 e. The fraction of sp³-hybridized carbons (Fsp3) is 0.250. The molecule has 1 unspecified atom stereocenters. The highest BCUT2D eigenvalue weighted by atomic mass is 32.1. The minimum atomic E-state index is -4.63. The first-order valence-electron chi connectivity index (χ1n) is 5.37. The SMILES string of the molecule is CC(N)c1csc(-c2ccc(F)cc2C(F)(F)F)n1. The molecule has 0 radical (unpaired) electrons. The van der Waals surface area contributed by atoms with Gasteiger partial charge in [0.2, 0.25) is 0 Å². The number of hydrogen-bond donors (Lipinski definition) is 1. The molecule has 0 aliphatic carbocycles. The molecule has 7 heteroatoms. The van der Waals surface area contributed by atoms with Gasteiger partial charge in [-0.1, -0.05) is 0 Å². The quantitative estimate of drug-likeness (QED) is 0.849. The maximum atomic E-state index is 13.0. The number of hydrogen-bond acceptors (Lipinski definition) is 3. The first-order valence-corrected chi connectivity index (χ1v) is 6.25. The summed E-state index contributed by atoms with van der Waals surface area (Å²) in [5.74, 6) is -0.931. The molecule has 0 fully saturated rings. The van der Waals surface area contributed by atoms with Gasteiger partial charge in [0.15, 0.2) is 0 Å². The van der Waals surface area contributed by atoms with E-state index in [1.54, 1.807) is 12.3 Å². The van der Waals surface area contributed by atoms with Crippen LogP contribution in [0, 0.1) is 5.82 Å². The average molecular weight is 290 g/mol. The summed E-state index contributed by atoms with van der Waals surface area (Å²) in [5, 5.41) is 1.78. The van der Waals surface area contributed by atoms with Crippen LogP contribution < -0.4 is 5.73 Å². The first kappa shape index (κ1) is 14.0. The lowest BCUT2D eigenvalue weighted by Crippen LogP contribution is -2.08. The highest BCUT2D eigenvalue weighted by Crippen LogP contribution is 2.38. The standard InChI is InChI=1S/C12H10F4N2S/c1-6(17)10-5-19-11(18-10)8-3-2-7(13)4-9(8)12(14,15)16/h2-6H,17H2,1H3. The van der Waals surface area contributed by atoms with Crippen molar-refractivity contribution in [1.82, 2.24) is 4.98 Å². The molecule has 1 aromatic heterocycles. The van der Waals surface area contributed by atoms with Gasteiger partial charge in [-0.05, 0) is 25.1 Å². The molecule has 0 spiro atoms. The van der Waals surface area contributed by atoms with E-state index in [9.17, 15) is 17.6 Å². The number of nitrogens with two attached hydrogens (primary N) is 1. The number of alkyl halides is 3. The van der Waals surface area contributed by atoms with Crippen LogP contribution in [0.1, 0.15) is 24.2 Å².